The molecule has 0 spiro atoms. The Morgan fingerprint density at radius 2 is 2.09 bits per heavy atom. The molecular weight excluding hydrogens is 261 g/mol. The van der Waals surface area contributed by atoms with Gasteiger partial charge in [0.2, 0.25) is 0 Å². The molecular formula is C5H6IN3O2. The van der Waals surface area contributed by atoms with E-state index in [2.05, 4.69) is 4.98 Å². The maximum atomic E-state index is 10.9. The quantitative estimate of drug-likeness (QED) is 0.607. The highest BCUT2D eigenvalue weighted by molar-refractivity contribution is 14.1. The molecule has 0 radical (unpaired) electrons. The zero-order chi connectivity index (χ0) is 8.59. The van der Waals surface area contributed by atoms with Gasteiger partial charge in [0.15, 0.2) is 0 Å². The van der Waals surface area contributed by atoms with Gasteiger partial charge in [0, 0.05) is 7.05 Å². The van der Waals surface area contributed by atoms with Crippen LogP contribution in [0.25, 0.3) is 0 Å². The molecule has 0 atom stereocenters. The summed E-state index contributed by atoms with van der Waals surface area (Å²) in [4.78, 5) is 23.8. The lowest BCUT2D eigenvalue weighted by Gasteiger charge is -2.01. The summed E-state index contributed by atoms with van der Waals surface area (Å²) in [6.45, 7) is 0. The number of hydrogen-bond donors (Lipinski definition) is 2. The second-order valence-corrected chi connectivity index (χ2v) is 3.10. The fraction of sp³-hybridized carbons (Fsp3) is 0.200. The van der Waals surface area contributed by atoms with Crippen LogP contribution in [-0.2, 0) is 7.05 Å². The number of nitrogens with two attached hydrogens (primary N) is 1. The average molecular weight is 267 g/mol. The molecule has 0 amide bonds. The molecule has 6 heteroatoms. The maximum absolute atomic E-state index is 10.9. The summed E-state index contributed by atoms with van der Waals surface area (Å²) in [5.41, 5.74) is 4.49. The summed E-state index contributed by atoms with van der Waals surface area (Å²) < 4.78 is 1.52. The second-order valence-electron chi connectivity index (χ2n) is 2.02. The summed E-state index contributed by atoms with van der Waals surface area (Å²) in [5.74, 6) is 0.194. The Labute approximate surface area is 75.4 Å². The van der Waals surface area contributed by atoms with Gasteiger partial charge in [0.1, 0.15) is 9.39 Å². The fourth-order valence-electron chi connectivity index (χ4n) is 0.609. The number of anilines is 1. The van der Waals surface area contributed by atoms with Crippen molar-refractivity contribution in [3.63, 3.8) is 0 Å². The van der Waals surface area contributed by atoms with Crippen LogP contribution in [0.3, 0.4) is 0 Å². The average Bonchev–Trinajstić information content (AvgIpc) is 1.97. The number of halogens is 1. The Hall–Kier alpha value is -0.790. The summed E-state index contributed by atoms with van der Waals surface area (Å²) >= 11 is 1.78. The number of nitrogen functional groups attached to an aromatic ring is 1. The molecule has 0 bridgehead atoms. The number of aromatic nitrogens is 2. The smallest absolute Gasteiger partial charge is 0.329 e. The van der Waals surface area contributed by atoms with Gasteiger partial charge < -0.3 is 5.73 Å². The SMILES string of the molecule is Cn1c(N)c(I)c(=O)[nH]c1=O. The van der Waals surface area contributed by atoms with Crippen LogP contribution in [-0.4, -0.2) is 9.55 Å². The van der Waals surface area contributed by atoms with E-state index in [1.165, 1.54) is 11.6 Å². The Morgan fingerprint density at radius 3 is 2.64 bits per heavy atom. The van der Waals surface area contributed by atoms with Crippen molar-refractivity contribution < 1.29 is 0 Å². The summed E-state index contributed by atoms with van der Waals surface area (Å²) in [5, 5.41) is 0. The molecule has 1 heterocycles. The van der Waals surface area contributed by atoms with Gasteiger partial charge >= 0.3 is 5.69 Å². The van der Waals surface area contributed by atoms with E-state index >= 15 is 0 Å². The van der Waals surface area contributed by atoms with Crippen LogP contribution in [0.1, 0.15) is 0 Å². The van der Waals surface area contributed by atoms with Crippen LogP contribution < -0.4 is 17.0 Å². The molecule has 0 aliphatic rings. The molecule has 0 aliphatic carbocycles. The molecule has 1 aromatic heterocycles. The molecule has 0 fully saturated rings. The summed E-state index contributed by atoms with van der Waals surface area (Å²) in [6.07, 6.45) is 0. The molecule has 0 aliphatic heterocycles. The largest absolute Gasteiger partial charge is 0.384 e. The molecule has 0 unspecified atom stereocenters. The summed E-state index contributed by atoms with van der Waals surface area (Å²) in [7, 11) is 1.50. The Balaban J connectivity index is 3.73. The number of aromatic amines is 1. The van der Waals surface area contributed by atoms with Crippen LogP contribution in [0, 0.1) is 3.57 Å². The van der Waals surface area contributed by atoms with E-state index in [0.29, 0.717) is 3.57 Å². The van der Waals surface area contributed by atoms with Crippen molar-refractivity contribution in [3.05, 3.63) is 24.4 Å². The van der Waals surface area contributed by atoms with E-state index in [9.17, 15) is 9.59 Å². The highest BCUT2D eigenvalue weighted by Crippen LogP contribution is 2.03. The highest BCUT2D eigenvalue weighted by Gasteiger charge is 2.04. The van der Waals surface area contributed by atoms with Crippen molar-refractivity contribution >= 4 is 28.4 Å². The minimum Gasteiger partial charge on any atom is -0.384 e. The monoisotopic (exact) mass is 267 g/mol. The van der Waals surface area contributed by atoms with Crippen molar-refractivity contribution in [2.45, 2.75) is 0 Å². The minimum atomic E-state index is -0.493. The standard InChI is InChI=1S/C5H6IN3O2/c1-9-3(7)2(6)4(10)8-5(9)11/h7H2,1H3,(H,8,10,11). The molecule has 0 saturated heterocycles. The number of nitrogens with zero attached hydrogens (tertiary/aromatic N) is 1. The first-order valence-electron chi connectivity index (χ1n) is 2.78. The number of rotatable bonds is 0. The van der Waals surface area contributed by atoms with Crippen LogP contribution in [0.5, 0.6) is 0 Å². The molecule has 1 rings (SSSR count). The maximum Gasteiger partial charge on any atom is 0.329 e. The van der Waals surface area contributed by atoms with Crippen LogP contribution in [0.2, 0.25) is 0 Å². The Kier molecular flexibility index (Phi) is 2.03. The molecule has 60 valence electrons. The number of nitrogens with one attached hydrogen (secondary N) is 1. The van der Waals surface area contributed by atoms with Crippen molar-refractivity contribution in [2.75, 3.05) is 5.73 Å². The molecule has 1 aromatic rings. The van der Waals surface area contributed by atoms with E-state index < -0.39 is 11.2 Å². The molecule has 11 heavy (non-hydrogen) atoms. The Morgan fingerprint density at radius 1 is 1.55 bits per heavy atom. The van der Waals surface area contributed by atoms with Gasteiger partial charge in [0.05, 0.1) is 0 Å². The predicted molar refractivity (Wildman–Crippen MR) is 49.4 cm³/mol. The first kappa shape index (κ1) is 8.31. The van der Waals surface area contributed by atoms with Gasteiger partial charge in [-0.25, -0.2) is 4.79 Å². The van der Waals surface area contributed by atoms with Crippen molar-refractivity contribution in [1.82, 2.24) is 9.55 Å². The second kappa shape index (κ2) is 2.68. The van der Waals surface area contributed by atoms with Crippen molar-refractivity contribution in [3.8, 4) is 0 Å². The van der Waals surface area contributed by atoms with Crippen molar-refractivity contribution in [2.24, 2.45) is 7.05 Å². The van der Waals surface area contributed by atoms with Gasteiger partial charge in [-0.1, -0.05) is 0 Å². The zero-order valence-corrected chi connectivity index (χ0v) is 7.88. The van der Waals surface area contributed by atoms with E-state index in [4.69, 9.17) is 5.73 Å². The van der Waals surface area contributed by atoms with Crippen LogP contribution in [0.15, 0.2) is 9.59 Å². The Bertz CT molecular complexity index is 357. The predicted octanol–water partition coefficient (Wildman–Crippen LogP) is -0.740. The van der Waals surface area contributed by atoms with Gasteiger partial charge in [-0.05, 0) is 22.6 Å². The number of H-pyrrole nitrogens is 1. The lowest BCUT2D eigenvalue weighted by Crippen LogP contribution is -2.32. The lowest BCUT2D eigenvalue weighted by atomic mass is 10.6. The van der Waals surface area contributed by atoms with Gasteiger partial charge in [-0.3, -0.25) is 14.3 Å². The summed E-state index contributed by atoms with van der Waals surface area (Å²) in [6, 6.07) is 0. The fourth-order valence-corrected chi connectivity index (χ4v) is 1.11. The molecule has 0 aromatic carbocycles. The highest BCUT2D eigenvalue weighted by atomic mass is 127. The minimum absolute atomic E-state index is 0.194. The number of hydrogen-bond acceptors (Lipinski definition) is 3. The van der Waals surface area contributed by atoms with Gasteiger partial charge in [-0.2, -0.15) is 0 Å². The zero-order valence-electron chi connectivity index (χ0n) is 5.72. The first-order valence-corrected chi connectivity index (χ1v) is 3.86. The molecule has 3 N–H and O–H groups in total. The van der Waals surface area contributed by atoms with Crippen LogP contribution >= 0.6 is 22.6 Å². The van der Waals surface area contributed by atoms with E-state index in [0.717, 1.165) is 0 Å². The van der Waals surface area contributed by atoms with Crippen LogP contribution in [0.4, 0.5) is 5.82 Å². The third-order valence-electron chi connectivity index (χ3n) is 1.31. The van der Waals surface area contributed by atoms with Gasteiger partial charge in [-0.15, -0.1) is 0 Å². The van der Waals surface area contributed by atoms with E-state index in [-0.39, 0.29) is 5.82 Å². The third-order valence-corrected chi connectivity index (χ3v) is 2.35. The van der Waals surface area contributed by atoms with Crippen molar-refractivity contribution in [1.29, 1.82) is 0 Å². The third kappa shape index (κ3) is 1.30. The lowest BCUT2D eigenvalue weighted by molar-refractivity contribution is 0.806. The molecule has 0 saturated carbocycles. The first-order chi connectivity index (χ1) is 5.04. The molecule has 5 nitrogen and oxygen atoms in total. The van der Waals surface area contributed by atoms with E-state index in [1.54, 1.807) is 22.6 Å². The normalized spacial score (nSPS) is 10.0. The van der Waals surface area contributed by atoms with Gasteiger partial charge in [0.25, 0.3) is 5.56 Å². The van der Waals surface area contributed by atoms with E-state index in [1.807, 2.05) is 0 Å². The topological polar surface area (TPSA) is 80.9 Å².